The lowest BCUT2D eigenvalue weighted by Crippen LogP contribution is -2.24. The molecule has 0 aliphatic heterocycles. The number of amides is 1. The fourth-order valence-electron chi connectivity index (χ4n) is 2.58. The lowest BCUT2D eigenvalue weighted by Gasteiger charge is -2.15. The van der Waals surface area contributed by atoms with E-state index in [0.717, 1.165) is 19.3 Å². The molecule has 2 atom stereocenters. The second-order valence-electron chi connectivity index (χ2n) is 5.07. The van der Waals surface area contributed by atoms with Crippen molar-refractivity contribution >= 4 is 17.4 Å². The van der Waals surface area contributed by atoms with Crippen LogP contribution >= 0.6 is 0 Å². The molecule has 5 heteroatoms. The molecule has 1 aromatic carbocycles. The normalized spacial score (nSPS) is 23.3. The monoisotopic (exact) mass is 261 g/mol. The zero-order valence-corrected chi connectivity index (χ0v) is 11.0. The van der Waals surface area contributed by atoms with E-state index in [4.69, 9.17) is 10.9 Å². The first kappa shape index (κ1) is 13.4. The highest BCUT2D eigenvalue weighted by Gasteiger charge is 2.29. The zero-order chi connectivity index (χ0) is 13.8. The number of anilines is 1. The number of nitrogens with zero attached hydrogens (tertiary/aromatic N) is 1. The fraction of sp³-hybridized carbons (Fsp3) is 0.429. The van der Waals surface area contributed by atoms with Gasteiger partial charge in [-0.2, -0.15) is 0 Å². The number of amidine groups is 1. The highest BCUT2D eigenvalue weighted by molar-refractivity contribution is 5.99. The van der Waals surface area contributed by atoms with Gasteiger partial charge in [0.15, 0.2) is 5.84 Å². The summed E-state index contributed by atoms with van der Waals surface area (Å²) in [5.41, 5.74) is 6.78. The van der Waals surface area contributed by atoms with Gasteiger partial charge in [0.05, 0.1) is 0 Å². The first-order valence-electron chi connectivity index (χ1n) is 6.50. The van der Waals surface area contributed by atoms with Crippen LogP contribution in [-0.2, 0) is 4.79 Å². The molecule has 0 radical (unpaired) electrons. The van der Waals surface area contributed by atoms with Gasteiger partial charge in [0.1, 0.15) is 0 Å². The number of nitrogens with one attached hydrogen (secondary N) is 1. The Labute approximate surface area is 112 Å². The van der Waals surface area contributed by atoms with E-state index in [1.807, 2.05) is 0 Å². The summed E-state index contributed by atoms with van der Waals surface area (Å²) in [5, 5.41) is 14.5. The summed E-state index contributed by atoms with van der Waals surface area (Å²) in [6.07, 6.45) is 3.18. The fourth-order valence-corrected chi connectivity index (χ4v) is 2.58. The van der Waals surface area contributed by atoms with Crippen molar-refractivity contribution in [1.82, 2.24) is 0 Å². The summed E-state index contributed by atoms with van der Waals surface area (Å²) in [7, 11) is 0. The largest absolute Gasteiger partial charge is 0.409 e. The van der Waals surface area contributed by atoms with Gasteiger partial charge in [0.25, 0.3) is 0 Å². The predicted octanol–water partition coefficient (Wildman–Crippen LogP) is 2.16. The van der Waals surface area contributed by atoms with E-state index >= 15 is 0 Å². The van der Waals surface area contributed by atoms with E-state index in [1.54, 1.807) is 24.3 Å². The predicted molar refractivity (Wildman–Crippen MR) is 74.1 cm³/mol. The second-order valence-corrected chi connectivity index (χ2v) is 5.07. The minimum Gasteiger partial charge on any atom is -0.409 e. The van der Waals surface area contributed by atoms with Crippen molar-refractivity contribution in [1.29, 1.82) is 0 Å². The molecule has 2 rings (SSSR count). The Hall–Kier alpha value is -2.04. The zero-order valence-electron chi connectivity index (χ0n) is 11.0. The van der Waals surface area contributed by atoms with Crippen LogP contribution < -0.4 is 11.1 Å². The molecular formula is C14H19N3O2. The minimum absolute atomic E-state index is 0.0327. The van der Waals surface area contributed by atoms with Gasteiger partial charge in [-0.1, -0.05) is 30.6 Å². The van der Waals surface area contributed by atoms with E-state index in [-0.39, 0.29) is 17.7 Å². The molecule has 0 aromatic heterocycles. The van der Waals surface area contributed by atoms with Crippen LogP contribution in [0, 0.1) is 11.8 Å². The van der Waals surface area contributed by atoms with Gasteiger partial charge in [0.2, 0.25) is 5.91 Å². The van der Waals surface area contributed by atoms with Crippen molar-refractivity contribution in [3.05, 3.63) is 29.8 Å². The Balaban J connectivity index is 2.09. The molecule has 0 spiro atoms. The average molecular weight is 261 g/mol. The Kier molecular flexibility index (Phi) is 4.04. The molecule has 102 valence electrons. The first-order chi connectivity index (χ1) is 9.11. The molecule has 0 heterocycles. The third kappa shape index (κ3) is 3.05. The quantitative estimate of drug-likeness (QED) is 0.337. The van der Waals surface area contributed by atoms with Crippen molar-refractivity contribution in [3.63, 3.8) is 0 Å². The van der Waals surface area contributed by atoms with Gasteiger partial charge in [-0.05, 0) is 30.9 Å². The van der Waals surface area contributed by atoms with Gasteiger partial charge in [-0.25, -0.2) is 0 Å². The Morgan fingerprint density at radius 3 is 2.89 bits per heavy atom. The molecular weight excluding hydrogens is 242 g/mol. The van der Waals surface area contributed by atoms with Crippen LogP contribution in [0.15, 0.2) is 29.4 Å². The summed E-state index contributed by atoms with van der Waals surface area (Å²) in [6.45, 7) is 2.12. The van der Waals surface area contributed by atoms with Gasteiger partial charge in [-0.15, -0.1) is 0 Å². The van der Waals surface area contributed by atoms with E-state index in [9.17, 15) is 4.79 Å². The molecule has 2 unspecified atom stereocenters. The van der Waals surface area contributed by atoms with Gasteiger partial charge in [0, 0.05) is 17.2 Å². The number of hydrogen-bond donors (Lipinski definition) is 3. The van der Waals surface area contributed by atoms with E-state index in [1.165, 1.54) is 0 Å². The third-order valence-electron chi connectivity index (χ3n) is 3.73. The second kappa shape index (κ2) is 5.73. The third-order valence-corrected chi connectivity index (χ3v) is 3.73. The van der Waals surface area contributed by atoms with Gasteiger partial charge in [-0.3, -0.25) is 4.79 Å². The van der Waals surface area contributed by atoms with Gasteiger partial charge < -0.3 is 16.3 Å². The summed E-state index contributed by atoms with van der Waals surface area (Å²) >= 11 is 0. The van der Waals surface area contributed by atoms with Crippen LogP contribution in [0.4, 0.5) is 5.69 Å². The summed E-state index contributed by atoms with van der Waals surface area (Å²) in [5.74, 6) is 0.617. The van der Waals surface area contributed by atoms with Crippen molar-refractivity contribution in [2.24, 2.45) is 22.7 Å². The van der Waals surface area contributed by atoms with Gasteiger partial charge >= 0.3 is 0 Å². The average Bonchev–Trinajstić information content (AvgIpc) is 2.84. The first-order valence-corrected chi connectivity index (χ1v) is 6.50. The molecule has 1 aliphatic carbocycles. The lowest BCUT2D eigenvalue weighted by molar-refractivity contribution is -0.120. The summed E-state index contributed by atoms with van der Waals surface area (Å²) in [4.78, 5) is 12.2. The number of benzene rings is 1. The van der Waals surface area contributed by atoms with Crippen LogP contribution in [-0.4, -0.2) is 17.0 Å². The summed E-state index contributed by atoms with van der Waals surface area (Å²) < 4.78 is 0. The van der Waals surface area contributed by atoms with Crippen LogP contribution in [0.3, 0.4) is 0 Å². The summed E-state index contributed by atoms with van der Waals surface area (Å²) in [6, 6.07) is 6.99. The van der Waals surface area contributed by atoms with Crippen molar-refractivity contribution in [2.45, 2.75) is 26.2 Å². The van der Waals surface area contributed by atoms with E-state index in [2.05, 4.69) is 17.4 Å². The Morgan fingerprint density at radius 1 is 1.47 bits per heavy atom. The maximum atomic E-state index is 12.2. The van der Waals surface area contributed by atoms with Crippen LogP contribution in [0.2, 0.25) is 0 Å². The maximum absolute atomic E-state index is 12.2. The van der Waals surface area contributed by atoms with Crippen LogP contribution in [0.5, 0.6) is 0 Å². The van der Waals surface area contributed by atoms with Crippen LogP contribution in [0.25, 0.3) is 0 Å². The Morgan fingerprint density at radius 2 is 2.26 bits per heavy atom. The Bertz CT molecular complexity index is 499. The molecule has 1 saturated carbocycles. The number of carbonyl (C=O) groups excluding carboxylic acids is 1. The molecule has 0 bridgehead atoms. The van der Waals surface area contributed by atoms with E-state index in [0.29, 0.717) is 17.2 Å². The van der Waals surface area contributed by atoms with Crippen molar-refractivity contribution < 1.29 is 10.0 Å². The van der Waals surface area contributed by atoms with Crippen molar-refractivity contribution in [2.75, 3.05) is 5.32 Å². The number of nitrogens with two attached hydrogens (primary N) is 1. The topological polar surface area (TPSA) is 87.7 Å². The highest BCUT2D eigenvalue weighted by atomic mass is 16.4. The van der Waals surface area contributed by atoms with E-state index < -0.39 is 0 Å². The molecule has 1 fully saturated rings. The highest BCUT2D eigenvalue weighted by Crippen LogP contribution is 2.32. The molecule has 5 nitrogen and oxygen atoms in total. The van der Waals surface area contributed by atoms with Crippen molar-refractivity contribution in [3.8, 4) is 0 Å². The lowest BCUT2D eigenvalue weighted by atomic mass is 9.97. The molecule has 1 aromatic rings. The number of oxime groups is 1. The smallest absolute Gasteiger partial charge is 0.227 e. The van der Waals surface area contributed by atoms with Crippen LogP contribution in [0.1, 0.15) is 31.7 Å². The molecule has 1 aliphatic rings. The molecule has 1 amide bonds. The standard InChI is InChI=1S/C14H19N3O2/c1-9-4-2-7-12(9)14(18)16-11-6-3-5-10(8-11)13(15)17-19/h3,5-6,8-9,12,19H,2,4,7H2,1H3,(H2,15,17)(H,16,18). The molecule has 4 N–H and O–H groups in total. The molecule has 19 heavy (non-hydrogen) atoms. The molecule has 0 saturated heterocycles. The SMILES string of the molecule is CC1CCCC1C(=O)Nc1cccc(/C(N)=N/O)c1. The number of carbonyl (C=O) groups is 1. The maximum Gasteiger partial charge on any atom is 0.227 e. The number of hydrogen-bond acceptors (Lipinski definition) is 3. The minimum atomic E-state index is 0.0327. The number of rotatable bonds is 3.